The smallest absolute Gasteiger partial charge is 0.223 e. The molecule has 2 aromatic carbocycles. The van der Waals surface area contributed by atoms with E-state index in [2.05, 4.69) is 22.4 Å². The van der Waals surface area contributed by atoms with Crippen LogP contribution in [0.5, 0.6) is 11.5 Å². The van der Waals surface area contributed by atoms with Crippen molar-refractivity contribution in [3.05, 3.63) is 52.9 Å². The Kier molecular flexibility index (Phi) is 5.96. The number of fused-ring (bicyclic) bond motifs is 1. The summed E-state index contributed by atoms with van der Waals surface area (Å²) in [4.78, 5) is 17.1. The maximum Gasteiger partial charge on any atom is 0.223 e. The third kappa shape index (κ3) is 4.29. The highest BCUT2D eigenvalue weighted by Crippen LogP contribution is 2.37. The van der Waals surface area contributed by atoms with Gasteiger partial charge in [-0.25, -0.2) is 4.98 Å². The van der Waals surface area contributed by atoms with Crippen molar-refractivity contribution in [1.29, 1.82) is 0 Å². The molecule has 6 nitrogen and oxygen atoms in total. The van der Waals surface area contributed by atoms with Crippen LogP contribution >= 0.6 is 11.6 Å². The molecule has 2 aliphatic rings. The molecule has 3 aromatic rings. The number of oxazole rings is 1. The Morgan fingerprint density at radius 1 is 1.19 bits per heavy atom. The van der Waals surface area contributed by atoms with Gasteiger partial charge >= 0.3 is 0 Å². The van der Waals surface area contributed by atoms with E-state index >= 15 is 0 Å². The Balaban J connectivity index is 1.34. The van der Waals surface area contributed by atoms with Crippen molar-refractivity contribution in [2.24, 2.45) is 5.92 Å². The standard InChI is InChI=1S/C25H27ClN2O4/c1-30-21-10-9-15(12-22(21)31-18-5-2-3-6-18)17-11-16(25(29)27-14-17)13-23-28-20-8-4-7-19(26)24(20)32-23/h4,7-10,12,16-18H,2-3,5-6,11,13-14H2,1H3,(H,27,29)/t16-,17+/m0/s1. The van der Waals surface area contributed by atoms with E-state index in [9.17, 15) is 4.79 Å². The fourth-order valence-corrected chi connectivity index (χ4v) is 5.02. The maximum atomic E-state index is 12.6. The van der Waals surface area contributed by atoms with Crippen LogP contribution in [-0.2, 0) is 11.2 Å². The van der Waals surface area contributed by atoms with E-state index in [4.69, 9.17) is 25.5 Å². The molecule has 168 valence electrons. The van der Waals surface area contributed by atoms with Gasteiger partial charge in [0.15, 0.2) is 23.0 Å². The van der Waals surface area contributed by atoms with E-state index in [0.717, 1.165) is 29.9 Å². The van der Waals surface area contributed by atoms with E-state index in [1.54, 1.807) is 13.2 Å². The number of nitrogens with one attached hydrogen (secondary N) is 1. The van der Waals surface area contributed by atoms with E-state index in [-0.39, 0.29) is 23.8 Å². The number of para-hydroxylation sites is 1. The van der Waals surface area contributed by atoms with Crippen molar-refractivity contribution < 1.29 is 18.7 Å². The van der Waals surface area contributed by atoms with Crippen molar-refractivity contribution in [2.75, 3.05) is 13.7 Å². The molecule has 1 aromatic heterocycles. The summed E-state index contributed by atoms with van der Waals surface area (Å²) >= 11 is 6.21. The minimum atomic E-state index is -0.220. The molecule has 0 bridgehead atoms. The highest BCUT2D eigenvalue weighted by Gasteiger charge is 2.31. The fourth-order valence-electron chi connectivity index (χ4n) is 4.82. The number of hydrogen-bond donors (Lipinski definition) is 1. The zero-order chi connectivity index (χ0) is 22.1. The number of aromatic nitrogens is 1. The lowest BCUT2D eigenvalue weighted by atomic mass is 9.83. The van der Waals surface area contributed by atoms with Gasteiger partial charge in [0.2, 0.25) is 5.91 Å². The van der Waals surface area contributed by atoms with Gasteiger partial charge in [-0.05, 0) is 61.9 Å². The third-order valence-corrected chi connectivity index (χ3v) is 6.85. The normalized spacial score (nSPS) is 21.6. The lowest BCUT2D eigenvalue weighted by Crippen LogP contribution is -2.41. The molecule has 0 spiro atoms. The van der Waals surface area contributed by atoms with Gasteiger partial charge in [0.1, 0.15) is 5.52 Å². The number of hydrogen-bond acceptors (Lipinski definition) is 5. The molecule has 2 fully saturated rings. The minimum absolute atomic E-state index is 0.0329. The molecule has 1 aliphatic carbocycles. The molecule has 1 N–H and O–H groups in total. The van der Waals surface area contributed by atoms with E-state index in [1.165, 1.54) is 12.8 Å². The number of benzene rings is 2. The summed E-state index contributed by atoms with van der Waals surface area (Å²) in [7, 11) is 1.67. The molecule has 1 saturated carbocycles. The molecular formula is C25H27ClN2O4. The molecule has 2 heterocycles. The summed E-state index contributed by atoms with van der Waals surface area (Å²) in [6, 6.07) is 11.6. The first-order valence-corrected chi connectivity index (χ1v) is 11.6. The second kappa shape index (κ2) is 9.02. The quantitative estimate of drug-likeness (QED) is 0.549. The summed E-state index contributed by atoms with van der Waals surface area (Å²) in [5.41, 5.74) is 2.43. The Morgan fingerprint density at radius 2 is 2.03 bits per heavy atom. The van der Waals surface area contributed by atoms with Gasteiger partial charge in [-0.15, -0.1) is 0 Å². The molecule has 32 heavy (non-hydrogen) atoms. The Morgan fingerprint density at radius 3 is 2.81 bits per heavy atom. The summed E-state index contributed by atoms with van der Waals surface area (Å²) in [5.74, 6) is 2.07. The summed E-state index contributed by atoms with van der Waals surface area (Å²) < 4.78 is 17.6. The van der Waals surface area contributed by atoms with Crippen LogP contribution in [0.25, 0.3) is 11.1 Å². The Labute approximate surface area is 192 Å². The molecule has 2 atom stereocenters. The van der Waals surface area contributed by atoms with Gasteiger partial charge in [0.25, 0.3) is 0 Å². The lowest BCUT2D eigenvalue weighted by Gasteiger charge is -2.29. The fraction of sp³-hybridized carbons (Fsp3) is 0.440. The SMILES string of the molecule is COc1ccc([C@H]2CNC(=O)[C@H](Cc3nc4cccc(Cl)c4o3)C2)cc1OC1CCCC1. The number of halogens is 1. The van der Waals surface area contributed by atoms with Crippen LogP contribution in [-0.4, -0.2) is 30.6 Å². The number of carbonyl (C=O) groups is 1. The number of amides is 1. The van der Waals surface area contributed by atoms with Crippen LogP contribution in [0.2, 0.25) is 5.02 Å². The van der Waals surface area contributed by atoms with Crippen molar-refractivity contribution in [3.8, 4) is 11.5 Å². The maximum absolute atomic E-state index is 12.6. The molecule has 7 heteroatoms. The zero-order valence-corrected chi connectivity index (χ0v) is 18.9. The highest BCUT2D eigenvalue weighted by molar-refractivity contribution is 6.34. The van der Waals surface area contributed by atoms with Gasteiger partial charge in [-0.3, -0.25) is 4.79 Å². The number of nitrogens with zero attached hydrogens (tertiary/aromatic N) is 1. The van der Waals surface area contributed by atoms with E-state index in [1.807, 2.05) is 18.2 Å². The summed E-state index contributed by atoms with van der Waals surface area (Å²) in [6.07, 6.45) is 6.01. The number of methoxy groups -OCH3 is 1. The van der Waals surface area contributed by atoms with Crippen LogP contribution in [0, 0.1) is 5.92 Å². The second-order valence-corrected chi connectivity index (χ2v) is 9.12. The van der Waals surface area contributed by atoms with Crippen LogP contribution in [0.3, 0.4) is 0 Å². The molecule has 0 unspecified atom stereocenters. The third-order valence-electron chi connectivity index (χ3n) is 6.55. The lowest BCUT2D eigenvalue weighted by molar-refractivity contribution is -0.127. The first-order valence-electron chi connectivity index (χ1n) is 11.3. The average Bonchev–Trinajstić information content (AvgIpc) is 3.45. The number of carbonyl (C=O) groups excluding carboxylic acids is 1. The number of piperidine rings is 1. The molecule has 1 aliphatic heterocycles. The number of ether oxygens (including phenoxy) is 2. The van der Waals surface area contributed by atoms with Crippen molar-refractivity contribution in [3.63, 3.8) is 0 Å². The molecular weight excluding hydrogens is 428 g/mol. The topological polar surface area (TPSA) is 73.6 Å². The minimum Gasteiger partial charge on any atom is -0.493 e. The van der Waals surface area contributed by atoms with Crippen molar-refractivity contribution in [2.45, 2.75) is 50.5 Å². The van der Waals surface area contributed by atoms with Crippen LogP contribution in [0.4, 0.5) is 0 Å². The van der Waals surface area contributed by atoms with Crippen molar-refractivity contribution >= 4 is 28.6 Å². The summed E-state index contributed by atoms with van der Waals surface area (Å²) in [6.45, 7) is 0.601. The Bertz CT molecular complexity index is 1120. The number of rotatable bonds is 6. The van der Waals surface area contributed by atoms with Gasteiger partial charge in [-0.1, -0.05) is 23.7 Å². The first kappa shape index (κ1) is 21.1. The van der Waals surface area contributed by atoms with Gasteiger partial charge in [-0.2, -0.15) is 0 Å². The van der Waals surface area contributed by atoms with E-state index in [0.29, 0.717) is 41.4 Å². The monoisotopic (exact) mass is 454 g/mol. The van der Waals surface area contributed by atoms with Crippen LogP contribution < -0.4 is 14.8 Å². The van der Waals surface area contributed by atoms with Crippen LogP contribution in [0.15, 0.2) is 40.8 Å². The molecule has 1 amide bonds. The Hall–Kier alpha value is -2.73. The largest absolute Gasteiger partial charge is 0.493 e. The van der Waals surface area contributed by atoms with Gasteiger partial charge < -0.3 is 19.2 Å². The van der Waals surface area contributed by atoms with Gasteiger partial charge in [0, 0.05) is 24.8 Å². The van der Waals surface area contributed by atoms with E-state index < -0.39 is 0 Å². The molecule has 0 radical (unpaired) electrons. The second-order valence-electron chi connectivity index (χ2n) is 8.71. The average molecular weight is 455 g/mol. The predicted molar refractivity (Wildman–Crippen MR) is 122 cm³/mol. The first-order chi connectivity index (χ1) is 15.6. The predicted octanol–water partition coefficient (Wildman–Crippen LogP) is 5.27. The van der Waals surface area contributed by atoms with Gasteiger partial charge in [0.05, 0.1) is 18.2 Å². The zero-order valence-electron chi connectivity index (χ0n) is 18.1. The van der Waals surface area contributed by atoms with Crippen molar-refractivity contribution in [1.82, 2.24) is 10.3 Å². The molecule has 1 saturated heterocycles. The highest BCUT2D eigenvalue weighted by atomic mass is 35.5. The van der Waals surface area contributed by atoms with Crippen LogP contribution in [0.1, 0.15) is 49.5 Å². The summed E-state index contributed by atoms with van der Waals surface area (Å²) in [5, 5.41) is 3.59. The molecule has 5 rings (SSSR count).